The van der Waals surface area contributed by atoms with Crippen LogP contribution in [0.5, 0.6) is 11.5 Å². The Kier molecular flexibility index (Phi) is 15.3. The smallest absolute Gasteiger partial charge is 0.413 e. The molecule has 1 N–H and O–H groups in total. The van der Waals surface area contributed by atoms with Crippen molar-refractivity contribution in [3.8, 4) is 11.5 Å². The van der Waals surface area contributed by atoms with Gasteiger partial charge in [0, 0.05) is 13.7 Å². The van der Waals surface area contributed by atoms with E-state index in [9.17, 15) is 9.13 Å². The van der Waals surface area contributed by atoms with Crippen LogP contribution in [0.4, 0.5) is 0 Å². The quantitative estimate of drug-likeness (QED) is 0.0880. The van der Waals surface area contributed by atoms with Gasteiger partial charge in [0.2, 0.25) is 0 Å². The minimum atomic E-state index is -3.75. The van der Waals surface area contributed by atoms with Crippen LogP contribution in [0.1, 0.15) is 57.4 Å². The van der Waals surface area contributed by atoms with Gasteiger partial charge < -0.3 is 9.05 Å². The Bertz CT molecular complexity index is 1050. The number of hydrogen-bond donors (Lipinski definition) is 1. The summed E-state index contributed by atoms with van der Waals surface area (Å²) >= 11 is 6.35. The first-order valence-electron chi connectivity index (χ1n) is 13.0. The molecule has 0 aliphatic carbocycles. The highest BCUT2D eigenvalue weighted by atomic mass is 35.5. The topological polar surface area (TPSA) is 92.3 Å². The van der Waals surface area contributed by atoms with Gasteiger partial charge in [-0.2, -0.15) is 0 Å². The molecule has 2 aromatic carbocycles. The van der Waals surface area contributed by atoms with E-state index in [0.29, 0.717) is 30.3 Å². The van der Waals surface area contributed by atoms with Gasteiger partial charge in [-0.25, -0.2) is 14.2 Å². The third kappa shape index (κ3) is 12.5. The fourth-order valence-corrected chi connectivity index (χ4v) is 6.00. The molecular formula is C27H40ClNO7P2. The van der Waals surface area contributed by atoms with Crippen molar-refractivity contribution < 1.29 is 31.7 Å². The van der Waals surface area contributed by atoms with E-state index in [1.54, 1.807) is 30.3 Å². The molecule has 11 heteroatoms. The molecule has 2 atom stereocenters. The van der Waals surface area contributed by atoms with E-state index in [-0.39, 0.29) is 12.4 Å². The molecule has 0 aliphatic heterocycles. The molecule has 38 heavy (non-hydrogen) atoms. The Morgan fingerprint density at radius 3 is 2.39 bits per heavy atom. The van der Waals surface area contributed by atoms with Crippen LogP contribution in [-0.4, -0.2) is 26.9 Å². The van der Waals surface area contributed by atoms with E-state index < -0.39 is 15.6 Å². The van der Waals surface area contributed by atoms with Gasteiger partial charge in [-0.3, -0.25) is 13.6 Å². The highest BCUT2D eigenvalue weighted by molar-refractivity contribution is 7.52. The molecule has 212 valence electrons. The first-order valence-corrected chi connectivity index (χ1v) is 16.3. The van der Waals surface area contributed by atoms with E-state index in [2.05, 4.69) is 18.6 Å². The maximum absolute atomic E-state index is 13.1. The van der Waals surface area contributed by atoms with Crippen LogP contribution in [0, 0.1) is 0 Å². The number of rotatable bonds is 21. The summed E-state index contributed by atoms with van der Waals surface area (Å²) in [6.45, 7) is 6.73. The molecule has 0 heterocycles. The Balaban J connectivity index is 1.74. The number of halogens is 1. The minimum Gasteiger partial charge on any atom is -0.413 e. The number of aryl methyl sites for hydroxylation is 1. The van der Waals surface area contributed by atoms with E-state index in [0.717, 1.165) is 50.5 Å². The number of nitrogens with one attached hydrogen (secondary N) is 1. The van der Waals surface area contributed by atoms with Crippen LogP contribution >= 0.6 is 27.2 Å². The number of phosphoric ester groups is 1. The normalized spacial score (nSPS) is 14.4. The van der Waals surface area contributed by atoms with E-state index in [4.69, 9.17) is 34.2 Å². The van der Waals surface area contributed by atoms with Crippen LogP contribution in [0.25, 0.3) is 0 Å². The second-order valence-electron chi connectivity index (χ2n) is 8.56. The zero-order valence-electron chi connectivity index (χ0n) is 22.3. The van der Waals surface area contributed by atoms with Gasteiger partial charge in [-0.05, 0) is 61.9 Å². The SMILES string of the molecule is C=CCCOP(=O)(OC)Oc1ccc(CCCCCCNP(=O)(OCCCC)Oc2ccccc2)cc1Cl. The fraction of sp³-hybridized carbons (Fsp3) is 0.481. The van der Waals surface area contributed by atoms with Gasteiger partial charge in [-0.1, -0.05) is 68.1 Å². The van der Waals surface area contributed by atoms with Crippen LogP contribution in [0.15, 0.2) is 61.2 Å². The summed E-state index contributed by atoms with van der Waals surface area (Å²) in [5.74, 6) is 0.758. The van der Waals surface area contributed by atoms with Crippen LogP contribution in [-0.2, 0) is 29.1 Å². The third-order valence-electron chi connectivity index (χ3n) is 5.43. The van der Waals surface area contributed by atoms with Crippen molar-refractivity contribution in [3.05, 3.63) is 71.8 Å². The largest absolute Gasteiger partial charge is 0.529 e. The molecular weight excluding hydrogens is 548 g/mol. The Labute approximate surface area is 232 Å². The van der Waals surface area contributed by atoms with Crippen molar-refractivity contribution in [2.24, 2.45) is 0 Å². The average molecular weight is 588 g/mol. The second-order valence-corrected chi connectivity index (χ2v) is 12.4. The summed E-state index contributed by atoms with van der Waals surface area (Å²) in [5.41, 5.74) is 1.05. The van der Waals surface area contributed by atoms with Gasteiger partial charge >= 0.3 is 15.6 Å². The highest BCUT2D eigenvalue weighted by Gasteiger charge is 2.28. The summed E-state index contributed by atoms with van der Waals surface area (Å²) in [6.07, 6.45) is 8.53. The number of unbranched alkanes of at least 4 members (excludes halogenated alkanes) is 4. The van der Waals surface area contributed by atoms with Crippen molar-refractivity contribution in [2.45, 2.75) is 58.3 Å². The van der Waals surface area contributed by atoms with E-state index in [1.807, 2.05) is 24.3 Å². The van der Waals surface area contributed by atoms with Crippen molar-refractivity contribution in [2.75, 3.05) is 26.9 Å². The van der Waals surface area contributed by atoms with Crippen molar-refractivity contribution in [1.82, 2.24) is 5.09 Å². The van der Waals surface area contributed by atoms with E-state index >= 15 is 0 Å². The molecule has 8 nitrogen and oxygen atoms in total. The number of hydrogen-bond acceptors (Lipinski definition) is 7. The lowest BCUT2D eigenvalue weighted by Gasteiger charge is -2.20. The summed E-state index contributed by atoms with van der Waals surface area (Å²) in [5, 5.41) is 3.34. The molecule has 0 saturated heterocycles. The molecule has 0 saturated carbocycles. The first-order chi connectivity index (χ1) is 18.3. The van der Waals surface area contributed by atoms with Crippen molar-refractivity contribution in [3.63, 3.8) is 0 Å². The summed E-state index contributed by atoms with van der Waals surface area (Å²) in [6, 6.07) is 14.4. The van der Waals surface area contributed by atoms with Crippen LogP contribution < -0.4 is 14.1 Å². The summed E-state index contributed by atoms with van der Waals surface area (Å²) in [7, 11) is -5.91. The molecule has 0 spiro atoms. The van der Waals surface area contributed by atoms with E-state index in [1.165, 1.54) is 7.11 Å². The number of para-hydroxylation sites is 1. The van der Waals surface area contributed by atoms with Gasteiger partial charge in [0.15, 0.2) is 0 Å². The molecule has 0 aliphatic rings. The molecule has 2 rings (SSSR count). The number of benzene rings is 2. The zero-order valence-corrected chi connectivity index (χ0v) is 24.9. The summed E-state index contributed by atoms with van der Waals surface area (Å²) in [4.78, 5) is 0. The maximum Gasteiger partial charge on any atom is 0.529 e. The summed E-state index contributed by atoms with van der Waals surface area (Å²) < 4.78 is 52.6. The van der Waals surface area contributed by atoms with Crippen molar-refractivity contribution in [1.29, 1.82) is 0 Å². The molecule has 0 aromatic heterocycles. The molecule has 0 bridgehead atoms. The molecule has 2 unspecified atom stereocenters. The second kappa shape index (κ2) is 17.9. The third-order valence-corrected chi connectivity index (χ3v) is 8.67. The standard InChI is InChI=1S/C27H40ClNO7P2/c1-4-6-21-33-37(30,35-25-16-12-10-13-17-25)29-20-14-9-8-11-15-24-18-19-27(26(28)23-24)36-38(31,32-3)34-22-7-5-2/h5,10,12-13,16-19,23H,2,4,6-9,11,14-15,20-22H2,1,3H3,(H,29,30). The average Bonchev–Trinajstić information content (AvgIpc) is 2.90. The molecule has 0 amide bonds. The predicted octanol–water partition coefficient (Wildman–Crippen LogP) is 8.76. The first kappa shape index (κ1) is 32.6. The lowest BCUT2D eigenvalue weighted by atomic mass is 10.1. The lowest BCUT2D eigenvalue weighted by Crippen LogP contribution is -2.18. The van der Waals surface area contributed by atoms with Gasteiger partial charge in [0.25, 0.3) is 0 Å². The van der Waals surface area contributed by atoms with Crippen LogP contribution in [0.3, 0.4) is 0 Å². The Morgan fingerprint density at radius 1 is 0.947 bits per heavy atom. The highest BCUT2D eigenvalue weighted by Crippen LogP contribution is 2.50. The van der Waals surface area contributed by atoms with Gasteiger partial charge in [-0.15, -0.1) is 6.58 Å². The predicted molar refractivity (Wildman–Crippen MR) is 153 cm³/mol. The minimum absolute atomic E-state index is 0.170. The lowest BCUT2D eigenvalue weighted by molar-refractivity contribution is 0.182. The van der Waals surface area contributed by atoms with Gasteiger partial charge in [0.05, 0.1) is 18.2 Å². The number of phosphoric acid groups is 1. The molecule has 2 aromatic rings. The maximum atomic E-state index is 13.1. The molecule has 0 radical (unpaired) electrons. The fourth-order valence-electron chi connectivity index (χ4n) is 3.34. The monoisotopic (exact) mass is 587 g/mol. The molecule has 0 fully saturated rings. The van der Waals surface area contributed by atoms with Crippen molar-refractivity contribution >= 4 is 27.2 Å². The van der Waals surface area contributed by atoms with Gasteiger partial charge in [0.1, 0.15) is 11.5 Å². The Morgan fingerprint density at radius 2 is 1.71 bits per heavy atom. The van der Waals surface area contributed by atoms with Crippen LogP contribution in [0.2, 0.25) is 5.02 Å². The zero-order chi connectivity index (χ0) is 27.7. The Hall–Kier alpha value is -1.63.